The SMILES string of the molecule is CCCCC(=O)Nc1ncnc2cc(OC)c(OC)cc12. The molecule has 1 amide bonds. The molecule has 2 rings (SSSR count). The number of methoxy groups -OCH3 is 2. The van der Waals surface area contributed by atoms with Crippen molar-refractivity contribution < 1.29 is 14.3 Å². The summed E-state index contributed by atoms with van der Waals surface area (Å²) in [5.74, 6) is 1.60. The Balaban J connectivity index is 2.38. The van der Waals surface area contributed by atoms with Crippen molar-refractivity contribution in [2.45, 2.75) is 26.2 Å². The summed E-state index contributed by atoms with van der Waals surface area (Å²) in [4.78, 5) is 20.2. The second-order valence-electron chi connectivity index (χ2n) is 4.60. The summed E-state index contributed by atoms with van der Waals surface area (Å²) in [6.07, 6.45) is 3.73. The zero-order chi connectivity index (χ0) is 15.2. The van der Waals surface area contributed by atoms with Gasteiger partial charge in [0.2, 0.25) is 5.91 Å². The van der Waals surface area contributed by atoms with E-state index in [9.17, 15) is 4.79 Å². The van der Waals surface area contributed by atoms with Crippen LogP contribution in [0, 0.1) is 0 Å². The first-order chi connectivity index (χ1) is 10.2. The Morgan fingerprint density at radius 3 is 2.57 bits per heavy atom. The molecule has 0 aliphatic rings. The smallest absolute Gasteiger partial charge is 0.225 e. The fraction of sp³-hybridized carbons (Fsp3) is 0.400. The lowest BCUT2D eigenvalue weighted by Gasteiger charge is -2.11. The molecule has 0 spiro atoms. The van der Waals surface area contributed by atoms with E-state index in [1.54, 1.807) is 26.4 Å². The Kier molecular flexibility index (Phi) is 4.92. The zero-order valence-electron chi connectivity index (χ0n) is 12.5. The average molecular weight is 289 g/mol. The molecular formula is C15H19N3O3. The molecule has 0 radical (unpaired) electrons. The van der Waals surface area contributed by atoms with Crippen molar-refractivity contribution in [3.8, 4) is 11.5 Å². The Bertz CT molecular complexity index is 643. The number of unbranched alkanes of at least 4 members (excludes halogenated alkanes) is 1. The monoisotopic (exact) mass is 289 g/mol. The minimum atomic E-state index is -0.0494. The van der Waals surface area contributed by atoms with E-state index < -0.39 is 0 Å². The first-order valence-electron chi connectivity index (χ1n) is 6.86. The van der Waals surface area contributed by atoms with Crippen LogP contribution in [0.15, 0.2) is 18.5 Å². The predicted octanol–water partition coefficient (Wildman–Crippen LogP) is 2.78. The highest BCUT2D eigenvalue weighted by molar-refractivity contribution is 6.00. The van der Waals surface area contributed by atoms with Gasteiger partial charge in [-0.15, -0.1) is 0 Å². The lowest BCUT2D eigenvalue weighted by Crippen LogP contribution is -2.12. The number of anilines is 1. The molecule has 1 N–H and O–H groups in total. The molecule has 1 aromatic heterocycles. The number of carbonyl (C=O) groups is 1. The Morgan fingerprint density at radius 2 is 1.90 bits per heavy atom. The summed E-state index contributed by atoms with van der Waals surface area (Å²) in [6, 6.07) is 3.53. The van der Waals surface area contributed by atoms with Crippen LogP contribution < -0.4 is 14.8 Å². The van der Waals surface area contributed by atoms with Crippen molar-refractivity contribution in [1.29, 1.82) is 0 Å². The summed E-state index contributed by atoms with van der Waals surface area (Å²) in [5, 5.41) is 3.54. The van der Waals surface area contributed by atoms with Crippen LogP contribution >= 0.6 is 0 Å². The lowest BCUT2D eigenvalue weighted by molar-refractivity contribution is -0.116. The molecule has 112 valence electrons. The van der Waals surface area contributed by atoms with Gasteiger partial charge in [0.25, 0.3) is 0 Å². The summed E-state index contributed by atoms with van der Waals surface area (Å²) in [7, 11) is 3.13. The summed E-state index contributed by atoms with van der Waals surface area (Å²) < 4.78 is 10.5. The van der Waals surface area contributed by atoms with Gasteiger partial charge in [-0.2, -0.15) is 0 Å². The van der Waals surface area contributed by atoms with Gasteiger partial charge in [0.15, 0.2) is 11.5 Å². The summed E-state index contributed by atoms with van der Waals surface area (Å²) >= 11 is 0. The van der Waals surface area contributed by atoms with Crippen LogP contribution in [0.2, 0.25) is 0 Å². The molecule has 1 heterocycles. The molecule has 6 heteroatoms. The number of nitrogens with one attached hydrogen (secondary N) is 1. The van der Waals surface area contributed by atoms with Crippen LogP contribution in [0.5, 0.6) is 11.5 Å². The first-order valence-corrected chi connectivity index (χ1v) is 6.86. The molecule has 0 bridgehead atoms. The van der Waals surface area contributed by atoms with Crippen molar-refractivity contribution in [2.24, 2.45) is 0 Å². The third-order valence-corrected chi connectivity index (χ3v) is 3.16. The Hall–Kier alpha value is -2.37. The number of amides is 1. The van der Waals surface area contributed by atoms with Gasteiger partial charge in [0.05, 0.1) is 19.7 Å². The van der Waals surface area contributed by atoms with Crippen LogP contribution in [0.3, 0.4) is 0 Å². The van der Waals surface area contributed by atoms with Gasteiger partial charge in [-0.05, 0) is 12.5 Å². The Labute approximate surface area is 123 Å². The van der Waals surface area contributed by atoms with Gasteiger partial charge in [-0.1, -0.05) is 13.3 Å². The van der Waals surface area contributed by atoms with Crippen molar-refractivity contribution >= 4 is 22.6 Å². The molecule has 0 saturated carbocycles. The van der Waals surface area contributed by atoms with E-state index in [2.05, 4.69) is 15.3 Å². The lowest BCUT2D eigenvalue weighted by atomic mass is 10.2. The maximum absolute atomic E-state index is 11.9. The number of hydrogen-bond donors (Lipinski definition) is 1. The third-order valence-electron chi connectivity index (χ3n) is 3.16. The van der Waals surface area contributed by atoms with Gasteiger partial charge in [0, 0.05) is 17.9 Å². The number of nitrogens with zero attached hydrogens (tertiary/aromatic N) is 2. The van der Waals surface area contributed by atoms with Gasteiger partial charge in [-0.3, -0.25) is 4.79 Å². The van der Waals surface area contributed by atoms with Gasteiger partial charge < -0.3 is 14.8 Å². The fourth-order valence-corrected chi connectivity index (χ4v) is 2.01. The van der Waals surface area contributed by atoms with Crippen LogP contribution in [0.25, 0.3) is 10.9 Å². The largest absolute Gasteiger partial charge is 0.493 e. The topological polar surface area (TPSA) is 73.3 Å². The molecule has 0 fully saturated rings. The van der Waals surface area contributed by atoms with Crippen LogP contribution in [-0.4, -0.2) is 30.1 Å². The number of fused-ring (bicyclic) bond motifs is 1. The number of ether oxygens (including phenoxy) is 2. The highest BCUT2D eigenvalue weighted by Crippen LogP contribution is 2.33. The van der Waals surface area contributed by atoms with Crippen LogP contribution in [0.1, 0.15) is 26.2 Å². The number of rotatable bonds is 6. The van der Waals surface area contributed by atoms with Gasteiger partial charge in [0.1, 0.15) is 12.1 Å². The van der Waals surface area contributed by atoms with Crippen LogP contribution in [-0.2, 0) is 4.79 Å². The fourth-order valence-electron chi connectivity index (χ4n) is 2.01. The van der Waals surface area contributed by atoms with Crippen LogP contribution in [0.4, 0.5) is 5.82 Å². The highest BCUT2D eigenvalue weighted by Gasteiger charge is 2.12. The standard InChI is InChI=1S/C15H19N3O3/c1-4-5-6-14(19)18-15-10-7-12(20-2)13(21-3)8-11(10)16-9-17-15/h7-9H,4-6H2,1-3H3,(H,16,17,18,19). The maximum Gasteiger partial charge on any atom is 0.225 e. The van der Waals surface area contributed by atoms with E-state index in [4.69, 9.17) is 9.47 Å². The van der Waals surface area contributed by atoms with E-state index in [0.717, 1.165) is 18.2 Å². The molecule has 6 nitrogen and oxygen atoms in total. The number of hydrogen-bond acceptors (Lipinski definition) is 5. The van der Waals surface area contributed by atoms with E-state index in [1.165, 1.54) is 6.33 Å². The van der Waals surface area contributed by atoms with Crippen molar-refractivity contribution in [1.82, 2.24) is 9.97 Å². The summed E-state index contributed by atoms with van der Waals surface area (Å²) in [6.45, 7) is 2.05. The third kappa shape index (κ3) is 3.39. The quantitative estimate of drug-likeness (QED) is 0.885. The van der Waals surface area contributed by atoms with E-state index >= 15 is 0 Å². The second kappa shape index (κ2) is 6.88. The molecule has 0 atom stereocenters. The molecule has 2 aromatic rings. The van der Waals surface area contributed by atoms with Gasteiger partial charge in [-0.25, -0.2) is 9.97 Å². The van der Waals surface area contributed by atoms with E-state index in [-0.39, 0.29) is 5.91 Å². The second-order valence-corrected chi connectivity index (χ2v) is 4.60. The molecular weight excluding hydrogens is 270 g/mol. The van der Waals surface area contributed by atoms with Crippen molar-refractivity contribution in [3.05, 3.63) is 18.5 Å². The predicted molar refractivity (Wildman–Crippen MR) is 80.8 cm³/mol. The Morgan fingerprint density at radius 1 is 1.19 bits per heavy atom. The summed E-state index contributed by atoms with van der Waals surface area (Å²) in [5.41, 5.74) is 0.688. The van der Waals surface area contributed by atoms with E-state index in [1.807, 2.05) is 6.92 Å². The maximum atomic E-state index is 11.9. The molecule has 21 heavy (non-hydrogen) atoms. The first kappa shape index (κ1) is 15.0. The molecule has 0 aliphatic heterocycles. The van der Waals surface area contributed by atoms with Crippen molar-refractivity contribution in [3.63, 3.8) is 0 Å². The number of carbonyl (C=O) groups excluding carboxylic acids is 1. The van der Waals surface area contributed by atoms with Crippen molar-refractivity contribution in [2.75, 3.05) is 19.5 Å². The minimum Gasteiger partial charge on any atom is -0.493 e. The normalized spacial score (nSPS) is 10.4. The molecule has 0 aliphatic carbocycles. The average Bonchev–Trinajstić information content (AvgIpc) is 2.51. The van der Waals surface area contributed by atoms with E-state index in [0.29, 0.717) is 29.3 Å². The minimum absolute atomic E-state index is 0.0494. The highest BCUT2D eigenvalue weighted by atomic mass is 16.5. The number of benzene rings is 1. The molecule has 1 aromatic carbocycles. The number of aromatic nitrogens is 2. The van der Waals surface area contributed by atoms with Gasteiger partial charge >= 0.3 is 0 Å². The molecule has 0 unspecified atom stereocenters. The molecule has 0 saturated heterocycles. The zero-order valence-corrected chi connectivity index (χ0v) is 12.5.